The molecule has 74 valence electrons. The zero-order valence-corrected chi connectivity index (χ0v) is 7.68. The number of carbonyl (C=O) groups excluding carboxylic acids is 1. The van der Waals surface area contributed by atoms with E-state index in [2.05, 4.69) is 4.98 Å². The van der Waals surface area contributed by atoms with Crippen molar-refractivity contribution in [3.8, 4) is 5.75 Å². The molecule has 1 aromatic carbocycles. The minimum Gasteiger partial charge on any atom is -0.460 e. The van der Waals surface area contributed by atoms with Crippen molar-refractivity contribution in [3.63, 3.8) is 0 Å². The molecule has 5 heteroatoms. The first kappa shape index (κ1) is 8.05. The molecular formula is C10H7N3O2. The molecule has 2 aromatic rings. The predicted octanol–water partition coefficient (Wildman–Crippen LogP) is 0.712. The number of hydrogen-bond donors (Lipinski definition) is 1. The smallest absolute Gasteiger partial charge is 0.268 e. The Kier molecular flexibility index (Phi) is 1.39. The Morgan fingerprint density at radius 3 is 3.13 bits per heavy atom. The minimum absolute atomic E-state index is 0.288. The molecule has 0 saturated heterocycles. The number of primary amides is 1. The molecule has 5 nitrogen and oxygen atoms in total. The van der Waals surface area contributed by atoms with Crippen molar-refractivity contribution in [1.29, 1.82) is 0 Å². The number of imidazole rings is 1. The number of nitrogens with two attached hydrogens (primary N) is 1. The number of aromatic nitrogens is 2. The molecule has 3 rings (SSSR count). The molecule has 0 fully saturated rings. The average molecular weight is 201 g/mol. The summed E-state index contributed by atoms with van der Waals surface area (Å²) in [5.74, 6) is 0.138. The lowest BCUT2D eigenvalue weighted by molar-refractivity contribution is -0.113. The molecule has 0 radical (unpaired) electrons. The molecule has 0 bridgehead atoms. The number of carbonyl (C=O) groups is 1. The first-order chi connectivity index (χ1) is 7.27. The van der Waals surface area contributed by atoms with Crippen LogP contribution in [0.15, 0.2) is 30.8 Å². The second-order valence-corrected chi connectivity index (χ2v) is 3.22. The first-order valence-electron chi connectivity index (χ1n) is 4.40. The van der Waals surface area contributed by atoms with Crippen molar-refractivity contribution in [2.45, 2.75) is 0 Å². The molecule has 0 saturated carbocycles. The largest absolute Gasteiger partial charge is 0.460 e. The number of benzene rings is 1. The van der Waals surface area contributed by atoms with Gasteiger partial charge in [0.05, 0.1) is 5.52 Å². The molecule has 2 N–H and O–H groups in total. The molecule has 1 aliphatic rings. The van der Waals surface area contributed by atoms with E-state index in [4.69, 9.17) is 10.5 Å². The standard InChI is InChI=1S/C10H7N3O2/c11-10(14)7-4-15-8-3-1-2-6-9(8)13(7)5-12-6/h1-5H,(H2,11,14). The van der Waals surface area contributed by atoms with Gasteiger partial charge in [0.1, 0.15) is 23.8 Å². The van der Waals surface area contributed by atoms with Crippen LogP contribution >= 0.6 is 0 Å². The summed E-state index contributed by atoms with van der Waals surface area (Å²) >= 11 is 0. The second kappa shape index (κ2) is 2.60. The normalized spacial score (nSPS) is 13.5. The first-order valence-corrected chi connectivity index (χ1v) is 4.40. The summed E-state index contributed by atoms with van der Waals surface area (Å²) in [6, 6.07) is 5.51. The van der Waals surface area contributed by atoms with Crippen LogP contribution in [0.1, 0.15) is 0 Å². The third-order valence-electron chi connectivity index (χ3n) is 2.34. The lowest BCUT2D eigenvalue weighted by Crippen LogP contribution is -2.19. The zero-order chi connectivity index (χ0) is 10.4. The summed E-state index contributed by atoms with van der Waals surface area (Å²) in [4.78, 5) is 15.3. The van der Waals surface area contributed by atoms with E-state index in [1.165, 1.54) is 6.26 Å². The molecule has 0 spiro atoms. The van der Waals surface area contributed by atoms with Crippen LogP contribution in [0.4, 0.5) is 0 Å². The summed E-state index contributed by atoms with van der Waals surface area (Å²) in [7, 11) is 0. The quantitative estimate of drug-likeness (QED) is 0.738. The number of hydrogen-bond acceptors (Lipinski definition) is 3. The van der Waals surface area contributed by atoms with Crippen LogP contribution in [-0.4, -0.2) is 15.5 Å². The third-order valence-corrected chi connectivity index (χ3v) is 2.34. The van der Waals surface area contributed by atoms with Gasteiger partial charge < -0.3 is 10.5 Å². The van der Waals surface area contributed by atoms with Gasteiger partial charge >= 0.3 is 0 Å². The number of ether oxygens (including phenoxy) is 1. The van der Waals surface area contributed by atoms with E-state index in [1.54, 1.807) is 10.9 Å². The highest BCUT2D eigenvalue weighted by molar-refractivity contribution is 6.14. The van der Waals surface area contributed by atoms with Gasteiger partial charge in [0.2, 0.25) is 0 Å². The molecule has 0 aliphatic carbocycles. The molecule has 2 heterocycles. The maximum absolute atomic E-state index is 11.1. The maximum Gasteiger partial charge on any atom is 0.268 e. The fourth-order valence-corrected chi connectivity index (χ4v) is 1.67. The molecule has 1 amide bonds. The Morgan fingerprint density at radius 1 is 1.47 bits per heavy atom. The molecule has 1 aromatic heterocycles. The van der Waals surface area contributed by atoms with Crippen LogP contribution in [0.5, 0.6) is 5.75 Å². The Hall–Kier alpha value is -2.30. The second-order valence-electron chi connectivity index (χ2n) is 3.22. The maximum atomic E-state index is 11.1. The van der Waals surface area contributed by atoms with Crippen LogP contribution in [-0.2, 0) is 4.79 Å². The van der Waals surface area contributed by atoms with E-state index in [9.17, 15) is 4.79 Å². The van der Waals surface area contributed by atoms with Gasteiger partial charge in [0.25, 0.3) is 5.91 Å². The highest BCUT2D eigenvalue weighted by Gasteiger charge is 2.19. The van der Waals surface area contributed by atoms with Gasteiger partial charge in [-0.2, -0.15) is 0 Å². The SMILES string of the molecule is NC(=O)C1=COc2cccc3ncn1c23. The number of nitrogens with zero attached hydrogens (tertiary/aromatic N) is 2. The van der Waals surface area contributed by atoms with Crippen molar-refractivity contribution in [1.82, 2.24) is 9.55 Å². The van der Waals surface area contributed by atoms with Gasteiger partial charge in [-0.3, -0.25) is 9.36 Å². The third kappa shape index (κ3) is 0.969. The monoisotopic (exact) mass is 201 g/mol. The highest BCUT2D eigenvalue weighted by Crippen LogP contribution is 2.30. The lowest BCUT2D eigenvalue weighted by Gasteiger charge is -2.14. The van der Waals surface area contributed by atoms with Crippen LogP contribution in [0.3, 0.4) is 0 Å². The van der Waals surface area contributed by atoms with Gasteiger partial charge in [0, 0.05) is 0 Å². The van der Waals surface area contributed by atoms with Crippen molar-refractivity contribution in [2.75, 3.05) is 0 Å². The van der Waals surface area contributed by atoms with E-state index in [1.807, 2.05) is 18.2 Å². The van der Waals surface area contributed by atoms with E-state index >= 15 is 0 Å². The number of rotatable bonds is 1. The van der Waals surface area contributed by atoms with Crippen LogP contribution in [0.2, 0.25) is 0 Å². The van der Waals surface area contributed by atoms with Crippen LogP contribution in [0.25, 0.3) is 16.7 Å². The van der Waals surface area contributed by atoms with Crippen molar-refractivity contribution < 1.29 is 9.53 Å². The van der Waals surface area contributed by atoms with Gasteiger partial charge in [0.15, 0.2) is 5.75 Å². The average Bonchev–Trinajstić information content (AvgIpc) is 2.65. The minimum atomic E-state index is -0.538. The Balaban J connectivity index is 2.38. The van der Waals surface area contributed by atoms with Crippen molar-refractivity contribution in [3.05, 3.63) is 30.8 Å². The van der Waals surface area contributed by atoms with Crippen LogP contribution in [0, 0.1) is 0 Å². The summed E-state index contributed by atoms with van der Waals surface area (Å²) in [5.41, 5.74) is 7.06. The summed E-state index contributed by atoms with van der Waals surface area (Å²) < 4.78 is 6.94. The van der Waals surface area contributed by atoms with Crippen molar-refractivity contribution in [2.24, 2.45) is 5.73 Å². The molecule has 1 aliphatic heterocycles. The molecule has 0 atom stereocenters. The predicted molar refractivity (Wildman–Crippen MR) is 53.8 cm³/mol. The zero-order valence-electron chi connectivity index (χ0n) is 7.68. The van der Waals surface area contributed by atoms with Gasteiger partial charge in [-0.15, -0.1) is 0 Å². The molecule has 0 unspecified atom stereocenters. The topological polar surface area (TPSA) is 70.1 Å². The number of para-hydroxylation sites is 1. The van der Waals surface area contributed by atoms with E-state index in [0.29, 0.717) is 5.75 Å². The fraction of sp³-hybridized carbons (Fsp3) is 0. The Morgan fingerprint density at radius 2 is 2.33 bits per heavy atom. The lowest BCUT2D eigenvalue weighted by atomic mass is 10.2. The van der Waals surface area contributed by atoms with E-state index in [0.717, 1.165) is 11.0 Å². The summed E-state index contributed by atoms with van der Waals surface area (Å²) in [5, 5.41) is 0. The number of amides is 1. The summed E-state index contributed by atoms with van der Waals surface area (Å²) in [6.45, 7) is 0. The van der Waals surface area contributed by atoms with Crippen molar-refractivity contribution >= 4 is 22.6 Å². The van der Waals surface area contributed by atoms with Gasteiger partial charge in [-0.25, -0.2) is 4.98 Å². The van der Waals surface area contributed by atoms with Gasteiger partial charge in [-0.05, 0) is 12.1 Å². The molecular weight excluding hydrogens is 194 g/mol. The Labute approximate surface area is 84.8 Å². The van der Waals surface area contributed by atoms with Gasteiger partial charge in [-0.1, -0.05) is 6.07 Å². The van der Waals surface area contributed by atoms with Crippen LogP contribution < -0.4 is 10.5 Å². The molecule has 15 heavy (non-hydrogen) atoms. The Bertz CT molecular complexity index is 598. The fourth-order valence-electron chi connectivity index (χ4n) is 1.67. The highest BCUT2D eigenvalue weighted by atomic mass is 16.5. The summed E-state index contributed by atoms with van der Waals surface area (Å²) in [6.07, 6.45) is 2.90. The van der Waals surface area contributed by atoms with E-state index < -0.39 is 5.91 Å². The van der Waals surface area contributed by atoms with E-state index in [-0.39, 0.29) is 5.70 Å².